The van der Waals surface area contributed by atoms with Crippen molar-refractivity contribution < 1.29 is 0 Å². The van der Waals surface area contributed by atoms with Crippen LogP contribution < -0.4 is 5.32 Å². The van der Waals surface area contributed by atoms with Gasteiger partial charge in [0, 0.05) is 35.1 Å². The van der Waals surface area contributed by atoms with Crippen molar-refractivity contribution in [3.63, 3.8) is 0 Å². The second-order valence-corrected chi connectivity index (χ2v) is 5.64. The molecule has 0 saturated carbocycles. The second kappa shape index (κ2) is 6.48. The van der Waals surface area contributed by atoms with Crippen LogP contribution in [0.5, 0.6) is 0 Å². The van der Waals surface area contributed by atoms with Crippen LogP contribution in [-0.4, -0.2) is 16.5 Å². The molecule has 2 aromatic carbocycles. The summed E-state index contributed by atoms with van der Waals surface area (Å²) >= 11 is 12.3. The molecular weight excluding hydrogens is 305 g/mol. The second-order valence-electron chi connectivity index (χ2n) is 4.83. The van der Waals surface area contributed by atoms with Crippen LogP contribution in [0.2, 0.25) is 10.0 Å². The number of aromatic amines is 1. The van der Waals surface area contributed by atoms with E-state index in [0.29, 0.717) is 16.6 Å². The first-order valence-corrected chi connectivity index (χ1v) is 7.57. The van der Waals surface area contributed by atoms with E-state index in [-0.39, 0.29) is 0 Å². The van der Waals surface area contributed by atoms with E-state index in [1.165, 1.54) is 0 Å². The van der Waals surface area contributed by atoms with Crippen LogP contribution in [0.1, 0.15) is 11.4 Å². The lowest BCUT2D eigenvalue weighted by Gasteiger charge is -2.07. The summed E-state index contributed by atoms with van der Waals surface area (Å²) in [5, 5.41) is 4.73. The topological polar surface area (TPSA) is 40.7 Å². The average Bonchev–Trinajstić information content (AvgIpc) is 2.88. The van der Waals surface area contributed by atoms with Crippen molar-refractivity contribution in [1.29, 1.82) is 0 Å². The molecule has 1 heterocycles. The molecule has 0 aliphatic rings. The lowest BCUT2D eigenvalue weighted by atomic mass is 10.2. The van der Waals surface area contributed by atoms with E-state index < -0.39 is 0 Å². The molecule has 0 unspecified atom stereocenters. The minimum Gasteiger partial charge on any atom is -0.342 e. The van der Waals surface area contributed by atoms with Crippen molar-refractivity contribution in [2.75, 3.05) is 6.54 Å². The van der Waals surface area contributed by atoms with Gasteiger partial charge < -0.3 is 10.3 Å². The van der Waals surface area contributed by atoms with Crippen molar-refractivity contribution in [1.82, 2.24) is 15.3 Å². The van der Waals surface area contributed by atoms with Crippen LogP contribution in [0, 0.1) is 0 Å². The van der Waals surface area contributed by atoms with E-state index in [2.05, 4.69) is 15.3 Å². The zero-order chi connectivity index (χ0) is 14.7. The number of nitrogens with zero attached hydrogens (tertiary/aromatic N) is 1. The summed E-state index contributed by atoms with van der Waals surface area (Å²) in [6.07, 6.45) is 0.830. The summed E-state index contributed by atoms with van der Waals surface area (Å²) in [6.45, 7) is 1.46. The summed E-state index contributed by atoms with van der Waals surface area (Å²) in [4.78, 5) is 7.86. The highest BCUT2D eigenvalue weighted by Gasteiger charge is 2.05. The molecule has 0 bridgehead atoms. The molecule has 0 fully saturated rings. The highest BCUT2D eigenvalue weighted by Crippen LogP contribution is 2.23. The Morgan fingerprint density at radius 3 is 2.52 bits per heavy atom. The van der Waals surface area contributed by atoms with Crippen LogP contribution >= 0.6 is 23.2 Å². The fraction of sp³-hybridized carbons (Fsp3) is 0.188. The van der Waals surface area contributed by atoms with E-state index in [9.17, 15) is 0 Å². The summed E-state index contributed by atoms with van der Waals surface area (Å²) in [7, 11) is 0. The largest absolute Gasteiger partial charge is 0.342 e. The fourth-order valence-electron chi connectivity index (χ4n) is 2.25. The van der Waals surface area contributed by atoms with E-state index in [1.807, 2.05) is 42.5 Å². The fourth-order valence-corrected chi connectivity index (χ4v) is 2.78. The molecule has 0 spiro atoms. The van der Waals surface area contributed by atoms with Gasteiger partial charge in [-0.1, -0.05) is 41.4 Å². The van der Waals surface area contributed by atoms with Gasteiger partial charge in [-0.15, -0.1) is 0 Å². The molecule has 5 heteroatoms. The molecular formula is C16H15Cl2N3. The van der Waals surface area contributed by atoms with Crippen molar-refractivity contribution in [3.8, 4) is 0 Å². The number of imidazole rings is 1. The SMILES string of the molecule is Clc1cccc(Cl)c1CNCCc1nc2ccccc2[nH]1. The molecule has 1 aromatic heterocycles. The molecule has 2 N–H and O–H groups in total. The van der Waals surface area contributed by atoms with Crippen molar-refractivity contribution in [2.45, 2.75) is 13.0 Å². The van der Waals surface area contributed by atoms with E-state index in [0.717, 1.165) is 35.4 Å². The van der Waals surface area contributed by atoms with Gasteiger partial charge in [-0.3, -0.25) is 0 Å². The number of benzene rings is 2. The number of fused-ring (bicyclic) bond motifs is 1. The Labute approximate surface area is 133 Å². The average molecular weight is 320 g/mol. The maximum absolute atomic E-state index is 6.14. The van der Waals surface area contributed by atoms with Crippen molar-refractivity contribution in [2.24, 2.45) is 0 Å². The molecule has 3 rings (SSSR count). The maximum Gasteiger partial charge on any atom is 0.108 e. The summed E-state index contributed by atoms with van der Waals surface area (Å²) in [5.74, 6) is 0.981. The standard InChI is InChI=1S/C16H15Cl2N3/c17-12-4-3-5-13(18)11(12)10-19-9-8-16-20-14-6-1-2-7-15(14)21-16/h1-7,19H,8-10H2,(H,20,21). The third-order valence-corrected chi connectivity index (χ3v) is 4.05. The molecule has 21 heavy (non-hydrogen) atoms. The molecule has 3 aromatic rings. The Morgan fingerprint density at radius 1 is 1.00 bits per heavy atom. The molecule has 0 aliphatic heterocycles. The first kappa shape index (κ1) is 14.4. The number of hydrogen-bond donors (Lipinski definition) is 2. The number of aromatic nitrogens is 2. The van der Waals surface area contributed by atoms with Gasteiger partial charge in [0.15, 0.2) is 0 Å². The molecule has 0 atom stereocenters. The summed E-state index contributed by atoms with van der Waals surface area (Å²) in [5.41, 5.74) is 3.01. The molecule has 0 amide bonds. The third kappa shape index (κ3) is 3.38. The smallest absolute Gasteiger partial charge is 0.108 e. The first-order chi connectivity index (χ1) is 10.2. The Bertz CT molecular complexity index is 699. The predicted octanol–water partition coefficient (Wildman–Crippen LogP) is 4.20. The lowest BCUT2D eigenvalue weighted by Crippen LogP contribution is -2.17. The number of nitrogens with one attached hydrogen (secondary N) is 2. The molecule has 0 aliphatic carbocycles. The lowest BCUT2D eigenvalue weighted by molar-refractivity contribution is 0.675. The van der Waals surface area contributed by atoms with Gasteiger partial charge in [0.2, 0.25) is 0 Å². The van der Waals surface area contributed by atoms with Crippen molar-refractivity contribution in [3.05, 3.63) is 63.9 Å². The predicted molar refractivity (Wildman–Crippen MR) is 88.0 cm³/mol. The zero-order valence-corrected chi connectivity index (χ0v) is 12.9. The summed E-state index contributed by atoms with van der Waals surface area (Å²) < 4.78 is 0. The Kier molecular flexibility index (Phi) is 4.44. The quantitative estimate of drug-likeness (QED) is 0.692. The number of hydrogen-bond acceptors (Lipinski definition) is 2. The number of rotatable bonds is 5. The number of halogens is 2. The Hall–Kier alpha value is -1.55. The normalized spacial score (nSPS) is 11.1. The van der Waals surface area contributed by atoms with Crippen LogP contribution in [0.15, 0.2) is 42.5 Å². The minimum absolute atomic E-state index is 0.652. The van der Waals surface area contributed by atoms with Gasteiger partial charge in [0.05, 0.1) is 11.0 Å². The zero-order valence-electron chi connectivity index (χ0n) is 11.4. The highest BCUT2D eigenvalue weighted by molar-refractivity contribution is 6.35. The number of H-pyrrole nitrogens is 1. The van der Waals surface area contributed by atoms with E-state index in [1.54, 1.807) is 0 Å². The highest BCUT2D eigenvalue weighted by atomic mass is 35.5. The minimum atomic E-state index is 0.652. The van der Waals surface area contributed by atoms with Gasteiger partial charge in [-0.25, -0.2) is 4.98 Å². The van der Waals surface area contributed by atoms with Gasteiger partial charge in [-0.05, 0) is 24.3 Å². The molecule has 3 nitrogen and oxygen atoms in total. The van der Waals surface area contributed by atoms with Gasteiger partial charge in [-0.2, -0.15) is 0 Å². The van der Waals surface area contributed by atoms with Crippen LogP contribution in [0.3, 0.4) is 0 Å². The van der Waals surface area contributed by atoms with E-state index in [4.69, 9.17) is 23.2 Å². The maximum atomic E-state index is 6.14. The molecule has 0 radical (unpaired) electrons. The van der Waals surface area contributed by atoms with Gasteiger partial charge in [0.1, 0.15) is 5.82 Å². The van der Waals surface area contributed by atoms with Crippen LogP contribution in [0.4, 0.5) is 0 Å². The molecule has 0 saturated heterocycles. The Balaban J connectivity index is 1.56. The molecule has 108 valence electrons. The van der Waals surface area contributed by atoms with Crippen LogP contribution in [-0.2, 0) is 13.0 Å². The van der Waals surface area contributed by atoms with Crippen LogP contribution in [0.25, 0.3) is 11.0 Å². The van der Waals surface area contributed by atoms with Crippen molar-refractivity contribution >= 4 is 34.2 Å². The van der Waals surface area contributed by atoms with E-state index >= 15 is 0 Å². The number of para-hydroxylation sites is 2. The van der Waals surface area contributed by atoms with Gasteiger partial charge in [0.25, 0.3) is 0 Å². The monoisotopic (exact) mass is 319 g/mol. The summed E-state index contributed by atoms with van der Waals surface area (Å²) in [6, 6.07) is 13.6. The Morgan fingerprint density at radius 2 is 1.76 bits per heavy atom. The van der Waals surface area contributed by atoms with Gasteiger partial charge >= 0.3 is 0 Å². The first-order valence-electron chi connectivity index (χ1n) is 6.81. The third-order valence-electron chi connectivity index (χ3n) is 3.34.